The molecule has 0 aliphatic carbocycles. The molecule has 2 aromatic heterocycles. The fourth-order valence-corrected chi connectivity index (χ4v) is 4.31. The standard InChI is InChI=1S/C21H21Cl2N5O/c1-14-20(15(2)28(25-14)19-5-3-4-6-24-19)26-7-9-27(10-8-26)21(29)16-11-17(22)13-18(23)12-16/h3-6,11-13H,7-10H2,1-2H3. The van der Waals surface area contributed by atoms with Crippen molar-refractivity contribution in [2.45, 2.75) is 13.8 Å². The zero-order valence-corrected chi connectivity index (χ0v) is 17.8. The first-order valence-corrected chi connectivity index (χ1v) is 10.2. The molecule has 8 heteroatoms. The van der Waals surface area contributed by atoms with Gasteiger partial charge >= 0.3 is 0 Å². The van der Waals surface area contributed by atoms with Gasteiger partial charge in [-0.25, -0.2) is 9.67 Å². The van der Waals surface area contributed by atoms with Gasteiger partial charge in [-0.2, -0.15) is 5.10 Å². The summed E-state index contributed by atoms with van der Waals surface area (Å²) in [6.45, 7) is 6.77. The summed E-state index contributed by atoms with van der Waals surface area (Å²) in [6.07, 6.45) is 1.76. The molecule has 0 spiro atoms. The second kappa shape index (κ2) is 8.05. The first-order chi connectivity index (χ1) is 13.9. The number of anilines is 1. The molecule has 0 unspecified atom stereocenters. The average molecular weight is 430 g/mol. The number of amides is 1. The van der Waals surface area contributed by atoms with Crippen LogP contribution in [0.1, 0.15) is 21.7 Å². The number of hydrogen-bond acceptors (Lipinski definition) is 4. The number of aryl methyl sites for hydroxylation is 1. The van der Waals surface area contributed by atoms with Crippen molar-refractivity contribution in [3.63, 3.8) is 0 Å². The molecule has 1 aromatic carbocycles. The monoisotopic (exact) mass is 429 g/mol. The van der Waals surface area contributed by atoms with Gasteiger partial charge in [0.2, 0.25) is 0 Å². The van der Waals surface area contributed by atoms with E-state index in [0.29, 0.717) is 28.7 Å². The predicted molar refractivity (Wildman–Crippen MR) is 115 cm³/mol. The summed E-state index contributed by atoms with van der Waals surface area (Å²) in [7, 11) is 0. The van der Waals surface area contributed by atoms with Crippen molar-refractivity contribution in [1.29, 1.82) is 0 Å². The molecule has 1 fully saturated rings. The van der Waals surface area contributed by atoms with Crippen LogP contribution in [-0.4, -0.2) is 51.8 Å². The fourth-order valence-electron chi connectivity index (χ4n) is 3.79. The molecule has 3 aromatic rings. The van der Waals surface area contributed by atoms with Crippen molar-refractivity contribution in [3.8, 4) is 5.82 Å². The van der Waals surface area contributed by atoms with Crippen molar-refractivity contribution < 1.29 is 4.79 Å². The number of nitrogens with zero attached hydrogens (tertiary/aromatic N) is 5. The minimum absolute atomic E-state index is 0.0494. The molecule has 1 aliphatic rings. The Labute approximate surface area is 179 Å². The first-order valence-electron chi connectivity index (χ1n) is 9.42. The molecule has 0 saturated carbocycles. The summed E-state index contributed by atoms with van der Waals surface area (Å²) >= 11 is 12.1. The van der Waals surface area contributed by atoms with E-state index in [1.54, 1.807) is 24.4 Å². The van der Waals surface area contributed by atoms with Crippen LogP contribution in [0.25, 0.3) is 5.82 Å². The van der Waals surface area contributed by atoms with Gasteiger partial charge in [0, 0.05) is 48.0 Å². The van der Waals surface area contributed by atoms with E-state index >= 15 is 0 Å². The number of carbonyl (C=O) groups excluding carboxylic acids is 1. The lowest BCUT2D eigenvalue weighted by atomic mass is 10.1. The Morgan fingerprint density at radius 1 is 1.00 bits per heavy atom. The number of aromatic nitrogens is 3. The van der Waals surface area contributed by atoms with Crippen LogP contribution < -0.4 is 4.90 Å². The van der Waals surface area contributed by atoms with E-state index in [9.17, 15) is 4.79 Å². The van der Waals surface area contributed by atoms with E-state index in [1.165, 1.54) is 0 Å². The van der Waals surface area contributed by atoms with Gasteiger partial charge in [0.25, 0.3) is 5.91 Å². The molecule has 4 rings (SSSR count). The number of benzene rings is 1. The van der Waals surface area contributed by atoms with Crippen LogP contribution in [0, 0.1) is 13.8 Å². The number of carbonyl (C=O) groups is 1. The van der Waals surface area contributed by atoms with Crippen LogP contribution in [0.5, 0.6) is 0 Å². The lowest BCUT2D eigenvalue weighted by Gasteiger charge is -2.36. The smallest absolute Gasteiger partial charge is 0.254 e. The van der Waals surface area contributed by atoms with Gasteiger partial charge < -0.3 is 9.80 Å². The molecule has 6 nitrogen and oxygen atoms in total. The summed E-state index contributed by atoms with van der Waals surface area (Å²) in [5.74, 6) is 0.748. The Morgan fingerprint density at radius 3 is 2.31 bits per heavy atom. The minimum atomic E-state index is -0.0494. The van der Waals surface area contributed by atoms with Gasteiger partial charge in [-0.05, 0) is 44.2 Å². The topological polar surface area (TPSA) is 54.3 Å². The summed E-state index contributed by atoms with van der Waals surface area (Å²) in [5, 5.41) is 5.61. The lowest BCUT2D eigenvalue weighted by Crippen LogP contribution is -2.49. The van der Waals surface area contributed by atoms with Crippen LogP contribution >= 0.6 is 23.2 Å². The molecule has 0 bridgehead atoms. The Hall–Kier alpha value is -2.57. The number of pyridine rings is 1. The Kier molecular flexibility index (Phi) is 5.48. The van der Waals surface area contributed by atoms with Gasteiger partial charge in [-0.15, -0.1) is 0 Å². The Morgan fingerprint density at radius 2 is 1.69 bits per heavy atom. The maximum absolute atomic E-state index is 12.8. The summed E-state index contributed by atoms with van der Waals surface area (Å²) in [5.41, 5.74) is 3.62. The molecule has 0 N–H and O–H groups in total. The third-order valence-corrected chi connectivity index (χ3v) is 5.55. The molecule has 0 radical (unpaired) electrons. The normalized spacial score (nSPS) is 14.3. The van der Waals surface area contributed by atoms with Gasteiger partial charge in [-0.1, -0.05) is 29.3 Å². The SMILES string of the molecule is Cc1nn(-c2ccccn2)c(C)c1N1CCN(C(=O)c2cc(Cl)cc(Cl)c2)CC1. The minimum Gasteiger partial charge on any atom is -0.365 e. The largest absolute Gasteiger partial charge is 0.365 e. The van der Waals surface area contributed by atoms with Gasteiger partial charge in [0.1, 0.15) is 0 Å². The van der Waals surface area contributed by atoms with Gasteiger partial charge in [-0.3, -0.25) is 4.79 Å². The molecule has 3 heterocycles. The fraction of sp³-hybridized carbons (Fsp3) is 0.286. The van der Waals surface area contributed by atoms with Gasteiger partial charge in [0.15, 0.2) is 5.82 Å². The first kappa shape index (κ1) is 19.7. The van der Waals surface area contributed by atoms with Crippen molar-refractivity contribution in [2.75, 3.05) is 31.1 Å². The molecule has 1 amide bonds. The predicted octanol–water partition coefficient (Wildman–Crippen LogP) is 4.15. The third-order valence-electron chi connectivity index (χ3n) is 5.11. The van der Waals surface area contributed by atoms with Crippen LogP contribution in [0.2, 0.25) is 10.0 Å². The highest BCUT2D eigenvalue weighted by Crippen LogP contribution is 2.28. The third kappa shape index (κ3) is 3.95. The van der Waals surface area contributed by atoms with Crippen molar-refractivity contribution in [2.24, 2.45) is 0 Å². The summed E-state index contributed by atoms with van der Waals surface area (Å²) in [4.78, 5) is 21.4. The van der Waals surface area contributed by atoms with E-state index in [-0.39, 0.29) is 5.91 Å². The average Bonchev–Trinajstić information content (AvgIpc) is 3.01. The molecule has 150 valence electrons. The number of hydrogen-bond donors (Lipinski definition) is 0. The molecule has 0 atom stereocenters. The Bertz CT molecular complexity index is 1020. The molecule has 29 heavy (non-hydrogen) atoms. The highest BCUT2D eigenvalue weighted by Gasteiger charge is 2.26. The van der Waals surface area contributed by atoms with E-state index in [1.807, 2.05) is 34.7 Å². The second-order valence-electron chi connectivity index (χ2n) is 7.06. The molecular weight excluding hydrogens is 409 g/mol. The van der Waals surface area contributed by atoms with Crippen LogP contribution in [0.15, 0.2) is 42.6 Å². The quantitative estimate of drug-likeness (QED) is 0.627. The highest BCUT2D eigenvalue weighted by atomic mass is 35.5. The van der Waals surface area contributed by atoms with E-state index in [4.69, 9.17) is 23.2 Å². The second-order valence-corrected chi connectivity index (χ2v) is 7.93. The number of halogens is 2. The summed E-state index contributed by atoms with van der Waals surface area (Å²) in [6, 6.07) is 10.7. The number of rotatable bonds is 3. The molecule has 1 aliphatic heterocycles. The zero-order chi connectivity index (χ0) is 20.5. The zero-order valence-electron chi connectivity index (χ0n) is 16.3. The lowest BCUT2D eigenvalue weighted by molar-refractivity contribution is 0.0747. The summed E-state index contributed by atoms with van der Waals surface area (Å²) < 4.78 is 1.87. The van der Waals surface area contributed by atoms with Crippen molar-refractivity contribution >= 4 is 34.8 Å². The van der Waals surface area contributed by atoms with Crippen LogP contribution in [-0.2, 0) is 0 Å². The van der Waals surface area contributed by atoms with Gasteiger partial charge in [0.05, 0.1) is 17.1 Å². The molecule has 1 saturated heterocycles. The highest BCUT2D eigenvalue weighted by molar-refractivity contribution is 6.35. The van der Waals surface area contributed by atoms with Crippen LogP contribution in [0.4, 0.5) is 5.69 Å². The van der Waals surface area contributed by atoms with Crippen LogP contribution in [0.3, 0.4) is 0 Å². The maximum Gasteiger partial charge on any atom is 0.254 e. The maximum atomic E-state index is 12.8. The van der Waals surface area contributed by atoms with E-state index in [0.717, 1.165) is 36.0 Å². The van der Waals surface area contributed by atoms with Crippen molar-refractivity contribution in [1.82, 2.24) is 19.7 Å². The Balaban J connectivity index is 1.50. The number of piperazine rings is 1. The van der Waals surface area contributed by atoms with E-state index < -0.39 is 0 Å². The van der Waals surface area contributed by atoms with Crippen molar-refractivity contribution in [3.05, 3.63) is 69.6 Å². The van der Waals surface area contributed by atoms with E-state index in [2.05, 4.69) is 21.9 Å². The molecular formula is C21H21Cl2N5O.